The van der Waals surface area contributed by atoms with E-state index in [1.165, 1.54) is 11.8 Å². The highest BCUT2D eigenvalue weighted by atomic mass is 32.1. The summed E-state index contributed by atoms with van der Waals surface area (Å²) in [6, 6.07) is 2.20. The Labute approximate surface area is 107 Å². The number of imidazole rings is 1. The monoisotopic (exact) mass is 263 g/mol. The zero-order valence-electron chi connectivity index (χ0n) is 9.68. The van der Waals surface area contributed by atoms with Crippen molar-refractivity contribution in [3.05, 3.63) is 44.8 Å². The van der Waals surface area contributed by atoms with Crippen molar-refractivity contribution < 1.29 is 4.79 Å². The molecule has 1 aliphatic rings. The van der Waals surface area contributed by atoms with E-state index in [9.17, 15) is 9.59 Å². The quantitative estimate of drug-likeness (QED) is 0.866. The Balaban J connectivity index is 1.87. The Morgan fingerprint density at radius 3 is 3.06 bits per heavy atom. The minimum atomic E-state index is -0.343. The lowest BCUT2D eigenvalue weighted by atomic mass is 10.1. The van der Waals surface area contributed by atoms with E-state index in [1.54, 1.807) is 11.3 Å². The number of carbonyl (C=O) groups excluding carboxylic acids is 1. The third kappa shape index (κ3) is 1.88. The number of nitrogens with one attached hydrogen (secondary N) is 2. The van der Waals surface area contributed by atoms with Gasteiger partial charge >= 0.3 is 5.69 Å². The maximum absolute atomic E-state index is 12.3. The van der Waals surface area contributed by atoms with Gasteiger partial charge in [0, 0.05) is 12.7 Å². The van der Waals surface area contributed by atoms with E-state index in [0.29, 0.717) is 5.69 Å². The largest absolute Gasteiger partial charge is 0.330 e. The summed E-state index contributed by atoms with van der Waals surface area (Å²) in [5.41, 5.74) is 1.18. The van der Waals surface area contributed by atoms with Crippen molar-refractivity contribution >= 4 is 17.2 Å². The van der Waals surface area contributed by atoms with Crippen molar-refractivity contribution in [1.29, 1.82) is 0 Å². The summed E-state index contributed by atoms with van der Waals surface area (Å²) in [4.78, 5) is 30.2. The van der Waals surface area contributed by atoms with Gasteiger partial charge in [0.1, 0.15) is 5.69 Å². The number of aromatic amines is 2. The number of nitrogens with zero attached hydrogens (tertiary/aromatic N) is 1. The number of aromatic nitrogens is 2. The van der Waals surface area contributed by atoms with Crippen LogP contribution in [0, 0.1) is 0 Å². The van der Waals surface area contributed by atoms with Crippen LogP contribution in [0.1, 0.15) is 34.9 Å². The maximum Gasteiger partial charge on any atom is 0.323 e. The number of H-pyrrole nitrogens is 2. The molecule has 3 rings (SSSR count). The molecule has 3 heterocycles. The summed E-state index contributed by atoms with van der Waals surface area (Å²) in [6.07, 6.45) is 3.42. The molecule has 1 aliphatic heterocycles. The van der Waals surface area contributed by atoms with E-state index in [4.69, 9.17) is 0 Å². The lowest BCUT2D eigenvalue weighted by Gasteiger charge is -2.23. The first-order chi connectivity index (χ1) is 8.75. The SMILES string of the molecule is O=C(c1c[nH]c(=O)[nH]1)N1CCC[C@@H]1c1ccsc1. The highest BCUT2D eigenvalue weighted by Crippen LogP contribution is 2.33. The summed E-state index contributed by atoms with van der Waals surface area (Å²) in [5, 5.41) is 4.10. The van der Waals surface area contributed by atoms with Gasteiger partial charge in [-0.1, -0.05) is 0 Å². The molecule has 2 aromatic rings. The van der Waals surface area contributed by atoms with E-state index >= 15 is 0 Å². The zero-order valence-corrected chi connectivity index (χ0v) is 10.5. The Morgan fingerprint density at radius 2 is 2.39 bits per heavy atom. The van der Waals surface area contributed by atoms with Gasteiger partial charge in [-0.3, -0.25) is 4.79 Å². The average Bonchev–Trinajstić information content (AvgIpc) is 3.08. The Bertz CT molecular complexity index is 599. The van der Waals surface area contributed by atoms with Gasteiger partial charge in [0.2, 0.25) is 0 Å². The van der Waals surface area contributed by atoms with Crippen LogP contribution in [-0.4, -0.2) is 27.3 Å². The highest BCUT2D eigenvalue weighted by molar-refractivity contribution is 7.07. The standard InChI is InChI=1S/C12H13N3O2S/c16-11(9-6-13-12(17)14-9)15-4-1-2-10(15)8-3-5-18-7-8/h3,5-7,10H,1-2,4H2,(H2,13,14,17)/t10-/m1/s1. The van der Waals surface area contributed by atoms with Gasteiger partial charge in [-0.05, 0) is 35.2 Å². The maximum atomic E-state index is 12.3. The first-order valence-corrected chi connectivity index (χ1v) is 6.81. The van der Waals surface area contributed by atoms with Crippen LogP contribution in [0.5, 0.6) is 0 Å². The van der Waals surface area contributed by atoms with Crippen LogP contribution in [0.4, 0.5) is 0 Å². The van der Waals surface area contributed by atoms with Crippen molar-refractivity contribution in [2.45, 2.75) is 18.9 Å². The molecule has 1 amide bonds. The van der Waals surface area contributed by atoms with Gasteiger partial charge in [-0.25, -0.2) is 4.79 Å². The van der Waals surface area contributed by atoms with Crippen molar-refractivity contribution in [2.75, 3.05) is 6.54 Å². The summed E-state index contributed by atoms with van der Waals surface area (Å²) in [7, 11) is 0. The molecule has 2 N–H and O–H groups in total. The molecule has 94 valence electrons. The molecule has 0 saturated carbocycles. The molecule has 18 heavy (non-hydrogen) atoms. The van der Waals surface area contributed by atoms with Crippen LogP contribution in [0.2, 0.25) is 0 Å². The lowest BCUT2D eigenvalue weighted by Crippen LogP contribution is -2.30. The highest BCUT2D eigenvalue weighted by Gasteiger charge is 2.31. The second kappa shape index (κ2) is 4.45. The molecule has 5 nitrogen and oxygen atoms in total. The van der Waals surface area contributed by atoms with E-state index in [2.05, 4.69) is 21.4 Å². The number of amides is 1. The topological polar surface area (TPSA) is 69.0 Å². The fraction of sp³-hybridized carbons (Fsp3) is 0.333. The molecule has 0 radical (unpaired) electrons. The van der Waals surface area contributed by atoms with Gasteiger partial charge in [0.25, 0.3) is 5.91 Å². The molecule has 0 spiro atoms. The molecule has 0 unspecified atom stereocenters. The summed E-state index contributed by atoms with van der Waals surface area (Å²) in [5.74, 6) is -0.109. The van der Waals surface area contributed by atoms with Crippen LogP contribution < -0.4 is 5.69 Å². The van der Waals surface area contributed by atoms with Crippen LogP contribution in [0.15, 0.2) is 27.8 Å². The van der Waals surface area contributed by atoms with Gasteiger partial charge < -0.3 is 14.9 Å². The number of carbonyl (C=O) groups is 1. The normalized spacial score (nSPS) is 19.3. The van der Waals surface area contributed by atoms with E-state index < -0.39 is 0 Å². The molecule has 0 aliphatic carbocycles. The predicted octanol–water partition coefficient (Wildman–Crippen LogP) is 1.74. The zero-order chi connectivity index (χ0) is 12.5. The molecule has 1 fully saturated rings. The molecule has 2 aromatic heterocycles. The second-order valence-corrected chi connectivity index (χ2v) is 5.15. The first kappa shape index (κ1) is 11.3. The van der Waals surface area contributed by atoms with E-state index in [-0.39, 0.29) is 17.6 Å². The van der Waals surface area contributed by atoms with Crippen molar-refractivity contribution in [1.82, 2.24) is 14.9 Å². The Morgan fingerprint density at radius 1 is 1.50 bits per heavy atom. The summed E-state index contributed by atoms with van der Waals surface area (Å²) >= 11 is 1.64. The van der Waals surface area contributed by atoms with E-state index in [0.717, 1.165) is 19.4 Å². The van der Waals surface area contributed by atoms with E-state index in [1.807, 2.05) is 10.3 Å². The fourth-order valence-corrected chi connectivity index (χ4v) is 3.13. The number of rotatable bonds is 2. The number of thiophene rings is 1. The van der Waals surface area contributed by atoms with Crippen LogP contribution >= 0.6 is 11.3 Å². The molecular formula is C12H13N3O2S. The van der Waals surface area contributed by atoms with Crippen LogP contribution in [0.25, 0.3) is 0 Å². The molecule has 1 atom stereocenters. The summed E-state index contributed by atoms with van der Waals surface area (Å²) in [6.45, 7) is 0.743. The fourth-order valence-electron chi connectivity index (χ4n) is 2.42. The van der Waals surface area contributed by atoms with Gasteiger partial charge in [-0.15, -0.1) is 0 Å². The van der Waals surface area contributed by atoms with Crippen molar-refractivity contribution in [3.8, 4) is 0 Å². The first-order valence-electron chi connectivity index (χ1n) is 5.86. The van der Waals surface area contributed by atoms with Crippen LogP contribution in [0.3, 0.4) is 0 Å². The molecule has 1 saturated heterocycles. The molecule has 0 aromatic carbocycles. The molecule has 6 heteroatoms. The van der Waals surface area contributed by atoms with Crippen molar-refractivity contribution in [3.63, 3.8) is 0 Å². The minimum Gasteiger partial charge on any atom is -0.330 e. The third-order valence-corrected chi connectivity index (χ3v) is 3.97. The molecular weight excluding hydrogens is 250 g/mol. The second-order valence-electron chi connectivity index (χ2n) is 4.37. The Kier molecular flexibility index (Phi) is 2.79. The third-order valence-electron chi connectivity index (χ3n) is 3.27. The van der Waals surface area contributed by atoms with Gasteiger partial charge in [0.05, 0.1) is 6.04 Å². The lowest BCUT2D eigenvalue weighted by molar-refractivity contribution is 0.0730. The van der Waals surface area contributed by atoms with Crippen molar-refractivity contribution in [2.24, 2.45) is 0 Å². The molecule has 0 bridgehead atoms. The minimum absolute atomic E-state index is 0.109. The number of hydrogen-bond donors (Lipinski definition) is 2. The van der Waals surface area contributed by atoms with Gasteiger partial charge in [-0.2, -0.15) is 11.3 Å². The Hall–Kier alpha value is -1.82. The van der Waals surface area contributed by atoms with Crippen LogP contribution in [-0.2, 0) is 0 Å². The number of hydrogen-bond acceptors (Lipinski definition) is 3. The summed E-state index contributed by atoms with van der Waals surface area (Å²) < 4.78 is 0. The smallest absolute Gasteiger partial charge is 0.323 e. The number of likely N-dealkylation sites (tertiary alicyclic amines) is 1. The predicted molar refractivity (Wildman–Crippen MR) is 68.7 cm³/mol. The van der Waals surface area contributed by atoms with Gasteiger partial charge in [0.15, 0.2) is 0 Å². The average molecular weight is 263 g/mol.